The van der Waals surface area contributed by atoms with Crippen LogP contribution in [0, 0.1) is 0 Å². The van der Waals surface area contributed by atoms with E-state index in [0.717, 1.165) is 16.3 Å². The van der Waals surface area contributed by atoms with Crippen LogP contribution in [0.3, 0.4) is 0 Å². The SMILES string of the molecule is COc1ccccc1NC(=O)c1cc2ccccc2cc1OCc1ccc(C(N)=O)cc1. The number of hydrogen-bond acceptors (Lipinski definition) is 4. The second-order valence-electron chi connectivity index (χ2n) is 7.20. The topological polar surface area (TPSA) is 90.7 Å². The van der Waals surface area contributed by atoms with Crippen molar-refractivity contribution in [3.8, 4) is 11.5 Å². The minimum atomic E-state index is -0.484. The van der Waals surface area contributed by atoms with Crippen molar-refractivity contribution in [2.24, 2.45) is 5.73 Å². The molecule has 0 fully saturated rings. The molecule has 0 aromatic heterocycles. The Labute approximate surface area is 185 Å². The summed E-state index contributed by atoms with van der Waals surface area (Å²) in [5, 5.41) is 4.79. The van der Waals surface area contributed by atoms with Crippen LogP contribution in [-0.4, -0.2) is 18.9 Å². The van der Waals surface area contributed by atoms with E-state index in [0.29, 0.717) is 28.3 Å². The maximum atomic E-state index is 13.2. The van der Waals surface area contributed by atoms with Gasteiger partial charge in [0.1, 0.15) is 18.1 Å². The molecule has 0 spiro atoms. The minimum absolute atomic E-state index is 0.228. The summed E-state index contributed by atoms with van der Waals surface area (Å²) in [5.41, 5.74) is 7.55. The smallest absolute Gasteiger partial charge is 0.259 e. The number of ether oxygens (including phenoxy) is 2. The highest BCUT2D eigenvalue weighted by Gasteiger charge is 2.16. The third kappa shape index (κ3) is 4.54. The van der Waals surface area contributed by atoms with Gasteiger partial charge in [0, 0.05) is 5.56 Å². The Morgan fingerprint density at radius 1 is 0.844 bits per heavy atom. The minimum Gasteiger partial charge on any atom is -0.495 e. The van der Waals surface area contributed by atoms with Gasteiger partial charge in [-0.1, -0.05) is 48.5 Å². The Morgan fingerprint density at radius 2 is 1.50 bits per heavy atom. The molecule has 160 valence electrons. The second kappa shape index (κ2) is 9.22. The lowest BCUT2D eigenvalue weighted by Crippen LogP contribution is -2.14. The van der Waals surface area contributed by atoms with Gasteiger partial charge in [0.05, 0.1) is 18.4 Å². The molecule has 0 atom stereocenters. The first-order valence-electron chi connectivity index (χ1n) is 10.0. The van der Waals surface area contributed by atoms with Crippen LogP contribution in [0.2, 0.25) is 0 Å². The zero-order valence-electron chi connectivity index (χ0n) is 17.5. The van der Waals surface area contributed by atoms with Crippen LogP contribution in [-0.2, 0) is 6.61 Å². The number of methoxy groups -OCH3 is 1. The number of nitrogens with one attached hydrogen (secondary N) is 1. The van der Waals surface area contributed by atoms with Gasteiger partial charge < -0.3 is 20.5 Å². The first kappa shape index (κ1) is 20.9. The molecular formula is C26H22N2O4. The molecule has 32 heavy (non-hydrogen) atoms. The quantitative estimate of drug-likeness (QED) is 0.445. The summed E-state index contributed by atoms with van der Waals surface area (Å²) in [7, 11) is 1.55. The third-order valence-electron chi connectivity index (χ3n) is 5.08. The van der Waals surface area contributed by atoms with E-state index in [4.69, 9.17) is 15.2 Å². The molecule has 2 amide bonds. The average molecular weight is 426 g/mol. The molecule has 0 aliphatic carbocycles. The molecule has 0 unspecified atom stereocenters. The Hall–Kier alpha value is -4.32. The summed E-state index contributed by atoms with van der Waals surface area (Å²) >= 11 is 0. The highest BCUT2D eigenvalue weighted by molar-refractivity contribution is 6.09. The van der Waals surface area contributed by atoms with Crippen molar-refractivity contribution in [1.29, 1.82) is 0 Å². The molecule has 4 aromatic carbocycles. The maximum Gasteiger partial charge on any atom is 0.259 e. The van der Waals surface area contributed by atoms with Gasteiger partial charge >= 0.3 is 0 Å². The number of anilines is 1. The lowest BCUT2D eigenvalue weighted by molar-refractivity contribution is 0.0996. The Morgan fingerprint density at radius 3 is 2.19 bits per heavy atom. The Balaban J connectivity index is 1.64. The van der Waals surface area contributed by atoms with Crippen LogP contribution in [0.4, 0.5) is 5.69 Å². The van der Waals surface area contributed by atoms with Gasteiger partial charge in [-0.25, -0.2) is 0 Å². The summed E-state index contributed by atoms with van der Waals surface area (Å²) in [5.74, 6) is 0.232. The van der Waals surface area contributed by atoms with Crippen molar-refractivity contribution < 1.29 is 19.1 Å². The Bertz CT molecular complexity index is 1280. The van der Waals surface area contributed by atoms with Crippen molar-refractivity contribution in [2.45, 2.75) is 6.61 Å². The van der Waals surface area contributed by atoms with Gasteiger partial charge in [-0.15, -0.1) is 0 Å². The summed E-state index contributed by atoms with van der Waals surface area (Å²) < 4.78 is 11.4. The zero-order valence-corrected chi connectivity index (χ0v) is 17.5. The van der Waals surface area contributed by atoms with E-state index >= 15 is 0 Å². The Kier molecular flexibility index (Phi) is 6.03. The van der Waals surface area contributed by atoms with Crippen molar-refractivity contribution in [3.05, 3.63) is 102 Å². The van der Waals surface area contributed by atoms with Gasteiger partial charge in [0.2, 0.25) is 5.91 Å². The zero-order chi connectivity index (χ0) is 22.5. The molecule has 4 rings (SSSR count). The van der Waals surface area contributed by atoms with Gasteiger partial charge in [-0.2, -0.15) is 0 Å². The second-order valence-corrected chi connectivity index (χ2v) is 7.20. The number of fused-ring (bicyclic) bond motifs is 1. The van der Waals surface area contributed by atoms with Crippen molar-refractivity contribution >= 4 is 28.3 Å². The molecular weight excluding hydrogens is 404 g/mol. The number of primary amides is 1. The molecule has 6 nitrogen and oxygen atoms in total. The molecule has 0 heterocycles. The number of para-hydroxylation sites is 2. The van der Waals surface area contributed by atoms with E-state index in [1.165, 1.54) is 0 Å². The first-order chi connectivity index (χ1) is 15.5. The van der Waals surface area contributed by atoms with Crippen LogP contribution >= 0.6 is 0 Å². The van der Waals surface area contributed by atoms with Gasteiger partial charge in [0.25, 0.3) is 5.91 Å². The fourth-order valence-electron chi connectivity index (χ4n) is 3.38. The summed E-state index contributed by atoms with van der Waals surface area (Å²) in [6.45, 7) is 0.228. The van der Waals surface area contributed by atoms with Crippen LogP contribution in [0.5, 0.6) is 11.5 Å². The fourth-order valence-corrected chi connectivity index (χ4v) is 3.38. The number of nitrogens with two attached hydrogens (primary N) is 1. The van der Waals surface area contributed by atoms with E-state index in [-0.39, 0.29) is 12.5 Å². The highest BCUT2D eigenvalue weighted by atomic mass is 16.5. The molecule has 0 saturated heterocycles. The maximum absolute atomic E-state index is 13.2. The van der Waals surface area contributed by atoms with Gasteiger partial charge in [0.15, 0.2) is 0 Å². The van der Waals surface area contributed by atoms with E-state index < -0.39 is 5.91 Å². The van der Waals surface area contributed by atoms with Gasteiger partial charge in [-0.3, -0.25) is 9.59 Å². The van der Waals surface area contributed by atoms with E-state index in [9.17, 15) is 9.59 Å². The molecule has 3 N–H and O–H groups in total. The summed E-state index contributed by atoms with van der Waals surface area (Å²) in [4.78, 5) is 24.4. The van der Waals surface area contributed by atoms with Crippen LogP contribution < -0.4 is 20.5 Å². The predicted octanol–water partition coefficient (Wildman–Crippen LogP) is 4.78. The summed E-state index contributed by atoms with van der Waals surface area (Å²) in [6.07, 6.45) is 0. The van der Waals surface area contributed by atoms with Crippen molar-refractivity contribution in [2.75, 3.05) is 12.4 Å². The van der Waals surface area contributed by atoms with Gasteiger partial charge in [-0.05, 0) is 52.7 Å². The molecule has 0 aliphatic rings. The molecule has 0 radical (unpaired) electrons. The van der Waals surface area contributed by atoms with E-state index in [1.54, 1.807) is 43.5 Å². The third-order valence-corrected chi connectivity index (χ3v) is 5.08. The number of rotatable bonds is 7. The highest BCUT2D eigenvalue weighted by Crippen LogP contribution is 2.29. The monoisotopic (exact) mass is 426 g/mol. The van der Waals surface area contributed by atoms with Crippen LogP contribution in [0.25, 0.3) is 10.8 Å². The molecule has 6 heteroatoms. The van der Waals surface area contributed by atoms with Crippen LogP contribution in [0.15, 0.2) is 84.9 Å². The largest absolute Gasteiger partial charge is 0.495 e. The first-order valence-corrected chi connectivity index (χ1v) is 10.0. The number of benzene rings is 4. The molecule has 0 aliphatic heterocycles. The lowest BCUT2D eigenvalue weighted by Gasteiger charge is -2.15. The molecule has 0 bridgehead atoms. The standard InChI is InChI=1S/C26H22N2O4/c1-31-23-9-5-4-8-22(23)28-26(30)21-14-19-6-2-3-7-20(19)15-24(21)32-16-17-10-12-18(13-11-17)25(27)29/h2-15H,16H2,1H3,(H2,27,29)(H,28,30). The predicted molar refractivity (Wildman–Crippen MR) is 124 cm³/mol. The number of hydrogen-bond donors (Lipinski definition) is 2. The van der Waals surface area contributed by atoms with E-state index in [2.05, 4.69) is 5.32 Å². The fraction of sp³-hybridized carbons (Fsp3) is 0.0769. The van der Waals surface area contributed by atoms with Crippen molar-refractivity contribution in [3.63, 3.8) is 0 Å². The normalized spacial score (nSPS) is 10.5. The summed E-state index contributed by atoms with van der Waals surface area (Å²) in [6, 6.07) is 25.5. The van der Waals surface area contributed by atoms with Crippen molar-refractivity contribution in [1.82, 2.24) is 0 Å². The lowest BCUT2D eigenvalue weighted by atomic mass is 10.0. The van der Waals surface area contributed by atoms with Crippen LogP contribution in [0.1, 0.15) is 26.3 Å². The van der Waals surface area contributed by atoms with E-state index in [1.807, 2.05) is 48.5 Å². The average Bonchev–Trinajstić information content (AvgIpc) is 2.82. The molecule has 0 saturated carbocycles. The number of amides is 2. The number of carbonyl (C=O) groups excluding carboxylic acids is 2. The molecule has 4 aromatic rings. The number of carbonyl (C=O) groups is 2.